The van der Waals surface area contributed by atoms with Gasteiger partial charge in [0.05, 0.1) is 18.4 Å². The van der Waals surface area contributed by atoms with E-state index < -0.39 is 17.5 Å². The number of carboxylic acid groups (broad SMARTS) is 1. The Balaban J connectivity index is 3.03. The molecule has 3 amide bonds. The van der Waals surface area contributed by atoms with Crippen LogP contribution in [-0.4, -0.2) is 54.7 Å². The van der Waals surface area contributed by atoms with Crippen LogP contribution < -0.4 is 15.4 Å². The Kier molecular flexibility index (Phi) is 7.26. The average molecular weight is 386 g/mol. The van der Waals surface area contributed by atoms with E-state index in [1.165, 1.54) is 24.1 Å². The first-order chi connectivity index (χ1) is 12.0. The topological polar surface area (TPSA) is 108 Å². The van der Waals surface area contributed by atoms with Gasteiger partial charge in [-0.05, 0) is 32.4 Å². The lowest BCUT2D eigenvalue weighted by molar-refractivity contribution is -0.137. The van der Waals surface area contributed by atoms with Crippen molar-refractivity contribution in [3.8, 4) is 5.75 Å². The smallest absolute Gasteiger partial charge is 0.319 e. The van der Waals surface area contributed by atoms with Gasteiger partial charge in [-0.2, -0.15) is 0 Å². The molecule has 0 aliphatic carbocycles. The molecule has 0 spiro atoms. The fraction of sp³-hybridized carbons (Fsp3) is 0.471. The molecule has 26 heavy (non-hydrogen) atoms. The Bertz CT molecular complexity index is 704. The summed E-state index contributed by atoms with van der Waals surface area (Å²) >= 11 is 6.07. The lowest BCUT2D eigenvalue weighted by atomic mass is 9.99. The number of benzene rings is 1. The Morgan fingerprint density at radius 2 is 1.88 bits per heavy atom. The molecule has 0 atom stereocenters. The zero-order valence-electron chi connectivity index (χ0n) is 15.5. The van der Waals surface area contributed by atoms with Gasteiger partial charge < -0.3 is 25.4 Å². The minimum Gasteiger partial charge on any atom is -0.494 e. The maximum absolute atomic E-state index is 12.3. The van der Waals surface area contributed by atoms with Gasteiger partial charge in [0, 0.05) is 31.1 Å². The molecule has 0 radical (unpaired) electrons. The van der Waals surface area contributed by atoms with Gasteiger partial charge in [0.25, 0.3) is 5.91 Å². The summed E-state index contributed by atoms with van der Waals surface area (Å²) in [5.74, 6) is -1.08. The molecular formula is C17H24ClN3O5. The van der Waals surface area contributed by atoms with Gasteiger partial charge in [-0.25, -0.2) is 4.79 Å². The second-order valence-corrected chi connectivity index (χ2v) is 7.03. The minimum atomic E-state index is -0.941. The Labute approximate surface area is 157 Å². The number of hydrogen-bond acceptors (Lipinski definition) is 4. The predicted molar refractivity (Wildman–Crippen MR) is 99.1 cm³/mol. The molecule has 0 saturated carbocycles. The van der Waals surface area contributed by atoms with Crippen LogP contribution in [-0.2, 0) is 4.79 Å². The summed E-state index contributed by atoms with van der Waals surface area (Å²) < 4.78 is 5.29. The van der Waals surface area contributed by atoms with Gasteiger partial charge in [-0.15, -0.1) is 0 Å². The number of carbonyl (C=O) groups excluding carboxylic acids is 2. The zero-order valence-corrected chi connectivity index (χ0v) is 16.2. The van der Waals surface area contributed by atoms with Crippen LogP contribution in [0.15, 0.2) is 12.1 Å². The van der Waals surface area contributed by atoms with Crippen LogP contribution in [0, 0.1) is 0 Å². The zero-order chi connectivity index (χ0) is 20.1. The van der Waals surface area contributed by atoms with Crippen molar-refractivity contribution in [1.29, 1.82) is 0 Å². The van der Waals surface area contributed by atoms with E-state index in [0.29, 0.717) is 0 Å². The number of rotatable bonds is 7. The van der Waals surface area contributed by atoms with Crippen LogP contribution in [0.4, 0.5) is 10.5 Å². The van der Waals surface area contributed by atoms with Crippen LogP contribution in [0.2, 0.25) is 5.02 Å². The second kappa shape index (κ2) is 8.75. The SMILES string of the molecule is COc1c(NC(=O)NC(C)(C)CCC(=O)O)cc(Cl)cc1C(=O)N(C)C. The number of carbonyl (C=O) groups is 3. The number of aliphatic carboxylic acids is 1. The van der Waals surface area contributed by atoms with Crippen molar-refractivity contribution >= 4 is 35.2 Å². The third-order valence-electron chi connectivity index (χ3n) is 3.56. The quantitative estimate of drug-likeness (QED) is 0.668. The molecule has 0 saturated heterocycles. The van der Waals surface area contributed by atoms with E-state index in [-0.39, 0.29) is 40.8 Å². The first-order valence-electron chi connectivity index (χ1n) is 7.87. The molecule has 0 unspecified atom stereocenters. The number of ether oxygens (including phenoxy) is 1. The highest BCUT2D eigenvalue weighted by molar-refractivity contribution is 6.31. The first-order valence-corrected chi connectivity index (χ1v) is 8.25. The number of hydrogen-bond donors (Lipinski definition) is 3. The minimum absolute atomic E-state index is 0.0742. The number of amides is 3. The molecule has 0 aliphatic rings. The third-order valence-corrected chi connectivity index (χ3v) is 3.78. The van der Waals surface area contributed by atoms with Crippen LogP contribution in [0.1, 0.15) is 37.0 Å². The summed E-state index contributed by atoms with van der Waals surface area (Å²) in [4.78, 5) is 36.7. The van der Waals surface area contributed by atoms with E-state index in [0.717, 1.165) is 0 Å². The lowest BCUT2D eigenvalue weighted by Gasteiger charge is -2.26. The lowest BCUT2D eigenvalue weighted by Crippen LogP contribution is -2.45. The molecule has 3 N–H and O–H groups in total. The van der Waals surface area contributed by atoms with Crippen molar-refractivity contribution in [3.63, 3.8) is 0 Å². The summed E-state index contributed by atoms with van der Waals surface area (Å²) in [6.45, 7) is 3.43. The molecule has 0 fully saturated rings. The molecule has 1 aromatic carbocycles. The van der Waals surface area contributed by atoms with Gasteiger partial charge in [-0.3, -0.25) is 9.59 Å². The highest BCUT2D eigenvalue weighted by Gasteiger charge is 2.24. The van der Waals surface area contributed by atoms with Gasteiger partial charge in [-0.1, -0.05) is 11.6 Å². The molecule has 0 aromatic heterocycles. The molecule has 0 bridgehead atoms. The molecule has 144 valence electrons. The Hall–Kier alpha value is -2.48. The molecule has 0 heterocycles. The predicted octanol–water partition coefficient (Wildman–Crippen LogP) is 2.82. The van der Waals surface area contributed by atoms with Crippen LogP contribution in [0.5, 0.6) is 5.75 Å². The third kappa shape index (κ3) is 6.11. The van der Waals surface area contributed by atoms with E-state index in [4.69, 9.17) is 21.4 Å². The number of nitrogens with zero attached hydrogens (tertiary/aromatic N) is 1. The van der Waals surface area contributed by atoms with Gasteiger partial charge >= 0.3 is 12.0 Å². The summed E-state index contributed by atoms with van der Waals surface area (Å²) in [6.07, 6.45) is 0.183. The molecule has 9 heteroatoms. The van der Waals surface area contributed by atoms with Crippen molar-refractivity contribution in [3.05, 3.63) is 22.7 Å². The molecule has 1 aromatic rings. The highest BCUT2D eigenvalue weighted by Crippen LogP contribution is 2.33. The van der Waals surface area contributed by atoms with Gasteiger partial charge in [0.2, 0.25) is 0 Å². The normalized spacial score (nSPS) is 10.8. The standard InChI is InChI=1S/C17H24ClN3O5/c1-17(2,7-6-13(22)23)20-16(25)19-12-9-10(18)8-11(14(12)26-5)15(24)21(3)4/h8-9H,6-7H2,1-5H3,(H,22,23)(H2,19,20,25). The maximum atomic E-state index is 12.3. The molecule has 8 nitrogen and oxygen atoms in total. The fourth-order valence-electron chi connectivity index (χ4n) is 2.25. The van der Waals surface area contributed by atoms with E-state index >= 15 is 0 Å². The summed E-state index contributed by atoms with van der Waals surface area (Å²) in [5.41, 5.74) is -0.293. The van der Waals surface area contributed by atoms with E-state index in [1.807, 2.05) is 0 Å². The number of nitrogens with one attached hydrogen (secondary N) is 2. The van der Waals surface area contributed by atoms with Crippen LogP contribution >= 0.6 is 11.6 Å². The molecule has 0 aliphatic heterocycles. The van der Waals surface area contributed by atoms with Crippen molar-refractivity contribution in [2.75, 3.05) is 26.5 Å². The second-order valence-electron chi connectivity index (χ2n) is 6.59. The number of urea groups is 1. The average Bonchev–Trinajstić information content (AvgIpc) is 2.51. The monoisotopic (exact) mass is 385 g/mol. The molecule has 1 rings (SSSR count). The number of carboxylic acids is 1. The molecular weight excluding hydrogens is 362 g/mol. The van der Waals surface area contributed by atoms with E-state index in [9.17, 15) is 14.4 Å². The number of halogens is 1. The van der Waals surface area contributed by atoms with Gasteiger partial charge in [0.1, 0.15) is 0 Å². The van der Waals surface area contributed by atoms with E-state index in [1.54, 1.807) is 27.9 Å². The summed E-state index contributed by atoms with van der Waals surface area (Å²) in [7, 11) is 4.57. The van der Waals surface area contributed by atoms with Crippen molar-refractivity contribution < 1.29 is 24.2 Å². The summed E-state index contributed by atoms with van der Waals surface area (Å²) in [6, 6.07) is 2.36. The van der Waals surface area contributed by atoms with Gasteiger partial charge in [0.15, 0.2) is 5.75 Å². The Morgan fingerprint density at radius 3 is 2.38 bits per heavy atom. The van der Waals surface area contributed by atoms with Crippen molar-refractivity contribution in [1.82, 2.24) is 10.2 Å². The van der Waals surface area contributed by atoms with Crippen LogP contribution in [0.25, 0.3) is 0 Å². The van der Waals surface area contributed by atoms with Crippen LogP contribution in [0.3, 0.4) is 0 Å². The Morgan fingerprint density at radius 1 is 1.27 bits per heavy atom. The van der Waals surface area contributed by atoms with Crippen molar-refractivity contribution in [2.24, 2.45) is 0 Å². The number of anilines is 1. The number of methoxy groups -OCH3 is 1. The highest BCUT2D eigenvalue weighted by atomic mass is 35.5. The van der Waals surface area contributed by atoms with Crippen molar-refractivity contribution in [2.45, 2.75) is 32.2 Å². The first kappa shape index (κ1) is 21.6. The fourth-order valence-corrected chi connectivity index (χ4v) is 2.47. The largest absolute Gasteiger partial charge is 0.494 e. The summed E-state index contributed by atoms with van der Waals surface area (Å²) in [5, 5.41) is 14.3. The van der Waals surface area contributed by atoms with E-state index in [2.05, 4.69) is 10.6 Å². The maximum Gasteiger partial charge on any atom is 0.319 e.